The molecule has 1 atom stereocenters. The van der Waals surface area contributed by atoms with Crippen molar-refractivity contribution in [2.45, 2.75) is 39.3 Å². The number of nitrogens with zero attached hydrogens (tertiary/aromatic N) is 1. The molecule has 0 saturated heterocycles. The van der Waals surface area contributed by atoms with Gasteiger partial charge in [0.15, 0.2) is 0 Å². The van der Waals surface area contributed by atoms with Crippen LogP contribution in [0.4, 0.5) is 4.79 Å². The molecule has 1 aromatic rings. The van der Waals surface area contributed by atoms with Crippen LogP contribution in [0.5, 0.6) is 0 Å². The summed E-state index contributed by atoms with van der Waals surface area (Å²) in [6.07, 6.45) is -0.310. The van der Waals surface area contributed by atoms with Crippen LogP contribution >= 0.6 is 15.9 Å². The number of carbonyl (C=O) groups excluding carboxylic acids is 1. The van der Waals surface area contributed by atoms with Crippen molar-refractivity contribution in [3.63, 3.8) is 0 Å². The van der Waals surface area contributed by atoms with E-state index >= 15 is 0 Å². The van der Waals surface area contributed by atoms with E-state index in [-0.39, 0.29) is 12.1 Å². The van der Waals surface area contributed by atoms with Gasteiger partial charge in [0.05, 0.1) is 6.04 Å². The number of rotatable bonds is 2. The molecule has 3 nitrogen and oxygen atoms in total. The fourth-order valence-corrected chi connectivity index (χ4v) is 1.90. The van der Waals surface area contributed by atoms with Gasteiger partial charge in [0.25, 0.3) is 0 Å². The van der Waals surface area contributed by atoms with Crippen molar-refractivity contribution in [1.82, 2.24) is 4.90 Å². The van der Waals surface area contributed by atoms with Gasteiger partial charge in [0.1, 0.15) is 5.60 Å². The maximum Gasteiger partial charge on any atom is 0.410 e. The second-order valence-electron chi connectivity index (χ2n) is 5.32. The van der Waals surface area contributed by atoms with Crippen LogP contribution < -0.4 is 0 Å². The zero-order valence-electron chi connectivity index (χ0n) is 11.5. The summed E-state index contributed by atoms with van der Waals surface area (Å²) in [6.45, 7) is 7.57. The highest BCUT2D eigenvalue weighted by molar-refractivity contribution is 9.10. The van der Waals surface area contributed by atoms with Crippen LogP contribution in [0.3, 0.4) is 0 Å². The number of ether oxygens (including phenoxy) is 1. The van der Waals surface area contributed by atoms with Crippen molar-refractivity contribution >= 4 is 22.0 Å². The Morgan fingerprint density at radius 1 is 1.39 bits per heavy atom. The first-order valence-electron chi connectivity index (χ1n) is 5.92. The van der Waals surface area contributed by atoms with Gasteiger partial charge in [-0.2, -0.15) is 0 Å². The maximum atomic E-state index is 12.0. The molecule has 0 aliphatic rings. The van der Waals surface area contributed by atoms with E-state index in [2.05, 4.69) is 15.9 Å². The zero-order chi connectivity index (χ0) is 13.9. The van der Waals surface area contributed by atoms with E-state index in [1.165, 1.54) is 0 Å². The van der Waals surface area contributed by atoms with Crippen LogP contribution in [0.25, 0.3) is 0 Å². The van der Waals surface area contributed by atoms with Crippen molar-refractivity contribution < 1.29 is 9.53 Å². The van der Waals surface area contributed by atoms with Crippen molar-refractivity contribution in [2.75, 3.05) is 7.05 Å². The summed E-state index contributed by atoms with van der Waals surface area (Å²) < 4.78 is 6.35. The Morgan fingerprint density at radius 3 is 2.50 bits per heavy atom. The average Bonchev–Trinajstić information content (AvgIpc) is 2.24. The number of hydrogen-bond donors (Lipinski definition) is 0. The molecule has 0 spiro atoms. The van der Waals surface area contributed by atoms with Crippen LogP contribution in [0.2, 0.25) is 0 Å². The quantitative estimate of drug-likeness (QED) is 0.811. The van der Waals surface area contributed by atoms with Crippen molar-refractivity contribution in [3.05, 3.63) is 34.3 Å². The smallest absolute Gasteiger partial charge is 0.410 e. The number of carbonyl (C=O) groups is 1. The summed E-state index contributed by atoms with van der Waals surface area (Å²) in [4.78, 5) is 13.6. The second kappa shape index (κ2) is 5.74. The molecule has 100 valence electrons. The topological polar surface area (TPSA) is 29.5 Å². The predicted octanol–water partition coefficient (Wildman–Crippen LogP) is 4.38. The van der Waals surface area contributed by atoms with Crippen LogP contribution in [0.1, 0.15) is 39.3 Å². The fourth-order valence-electron chi connectivity index (χ4n) is 1.48. The normalized spacial score (nSPS) is 13.0. The van der Waals surface area contributed by atoms with Gasteiger partial charge in [-0.05, 0) is 45.4 Å². The molecule has 0 aliphatic heterocycles. The Balaban J connectivity index is 2.78. The summed E-state index contributed by atoms with van der Waals surface area (Å²) in [5.41, 5.74) is 0.597. The van der Waals surface area contributed by atoms with E-state index in [1.807, 2.05) is 52.0 Å². The molecule has 0 heterocycles. The first-order chi connectivity index (χ1) is 8.20. The molecule has 0 fully saturated rings. The molecular weight excluding hydrogens is 294 g/mol. The van der Waals surface area contributed by atoms with Crippen LogP contribution in [0.15, 0.2) is 28.7 Å². The molecule has 1 aromatic carbocycles. The third kappa shape index (κ3) is 4.33. The Hall–Kier alpha value is -1.03. The maximum absolute atomic E-state index is 12.0. The minimum absolute atomic E-state index is 0.0302. The third-order valence-electron chi connectivity index (χ3n) is 2.59. The van der Waals surface area contributed by atoms with Gasteiger partial charge in [-0.25, -0.2) is 4.79 Å². The van der Waals surface area contributed by atoms with E-state index in [0.717, 1.165) is 10.0 Å². The predicted molar refractivity (Wildman–Crippen MR) is 76.6 cm³/mol. The van der Waals surface area contributed by atoms with Gasteiger partial charge >= 0.3 is 6.09 Å². The molecule has 4 heteroatoms. The number of halogens is 1. The van der Waals surface area contributed by atoms with Crippen molar-refractivity contribution in [3.8, 4) is 0 Å². The molecule has 0 bridgehead atoms. The Kier molecular flexibility index (Phi) is 4.79. The monoisotopic (exact) mass is 313 g/mol. The number of benzene rings is 1. The molecule has 1 rings (SSSR count). The average molecular weight is 314 g/mol. The first kappa shape index (κ1) is 15.0. The van der Waals surface area contributed by atoms with Gasteiger partial charge in [0, 0.05) is 11.5 Å². The van der Waals surface area contributed by atoms with Crippen LogP contribution in [-0.2, 0) is 4.74 Å². The standard InChI is InChI=1S/C14H20BrNO2/c1-10(11-7-6-8-12(15)9-11)16(5)13(17)18-14(2,3)4/h6-10H,1-5H3/t10-/m0/s1. The molecule has 0 N–H and O–H groups in total. The molecule has 0 radical (unpaired) electrons. The van der Waals surface area contributed by atoms with Crippen LogP contribution in [-0.4, -0.2) is 23.6 Å². The lowest BCUT2D eigenvalue weighted by molar-refractivity contribution is 0.0234. The lowest BCUT2D eigenvalue weighted by Gasteiger charge is -2.29. The Morgan fingerprint density at radius 2 is 2.00 bits per heavy atom. The molecule has 0 unspecified atom stereocenters. The van der Waals surface area contributed by atoms with Crippen molar-refractivity contribution in [1.29, 1.82) is 0 Å². The third-order valence-corrected chi connectivity index (χ3v) is 3.09. The van der Waals surface area contributed by atoms with Crippen molar-refractivity contribution in [2.24, 2.45) is 0 Å². The summed E-state index contributed by atoms with van der Waals surface area (Å²) in [5.74, 6) is 0. The number of hydrogen-bond acceptors (Lipinski definition) is 2. The summed E-state index contributed by atoms with van der Waals surface area (Å²) in [7, 11) is 1.75. The van der Waals surface area contributed by atoms with Crippen LogP contribution in [0, 0.1) is 0 Å². The highest BCUT2D eigenvalue weighted by atomic mass is 79.9. The second-order valence-corrected chi connectivity index (χ2v) is 6.24. The molecule has 18 heavy (non-hydrogen) atoms. The van der Waals surface area contributed by atoms with Gasteiger partial charge in [-0.1, -0.05) is 28.1 Å². The Labute approximate surface area is 117 Å². The van der Waals surface area contributed by atoms with E-state index in [9.17, 15) is 4.79 Å². The van der Waals surface area contributed by atoms with Gasteiger partial charge < -0.3 is 9.64 Å². The fraction of sp³-hybridized carbons (Fsp3) is 0.500. The molecule has 0 aliphatic carbocycles. The molecular formula is C14H20BrNO2. The van der Waals surface area contributed by atoms with E-state index in [0.29, 0.717) is 0 Å². The summed E-state index contributed by atoms with van der Waals surface area (Å²) >= 11 is 3.43. The SMILES string of the molecule is C[C@@H](c1cccc(Br)c1)N(C)C(=O)OC(C)(C)C. The number of amides is 1. The summed E-state index contributed by atoms with van der Waals surface area (Å²) in [5, 5.41) is 0. The van der Waals surface area contributed by atoms with E-state index < -0.39 is 5.60 Å². The van der Waals surface area contributed by atoms with Gasteiger partial charge in [-0.15, -0.1) is 0 Å². The molecule has 1 amide bonds. The van der Waals surface area contributed by atoms with E-state index in [4.69, 9.17) is 4.74 Å². The van der Waals surface area contributed by atoms with Gasteiger partial charge in [-0.3, -0.25) is 0 Å². The largest absolute Gasteiger partial charge is 0.444 e. The minimum atomic E-state index is -0.470. The molecule has 0 aromatic heterocycles. The zero-order valence-corrected chi connectivity index (χ0v) is 13.1. The summed E-state index contributed by atoms with van der Waals surface area (Å²) in [6, 6.07) is 7.89. The lowest BCUT2D eigenvalue weighted by atomic mass is 10.1. The minimum Gasteiger partial charge on any atom is -0.444 e. The highest BCUT2D eigenvalue weighted by Gasteiger charge is 2.23. The Bertz CT molecular complexity index is 426. The first-order valence-corrected chi connectivity index (χ1v) is 6.71. The lowest BCUT2D eigenvalue weighted by Crippen LogP contribution is -2.35. The van der Waals surface area contributed by atoms with Gasteiger partial charge in [0.2, 0.25) is 0 Å². The molecule has 0 saturated carbocycles. The van der Waals surface area contributed by atoms with E-state index in [1.54, 1.807) is 11.9 Å². The highest BCUT2D eigenvalue weighted by Crippen LogP contribution is 2.23.